The number of aryl methyl sites for hydroxylation is 2. The average Bonchev–Trinajstić information content (AvgIpc) is 3.35. The van der Waals surface area contributed by atoms with E-state index in [0.717, 1.165) is 79.9 Å². The quantitative estimate of drug-likeness (QED) is 0.714. The first-order valence-corrected chi connectivity index (χ1v) is 12.4. The Morgan fingerprint density at radius 1 is 1.03 bits per heavy atom. The Labute approximate surface area is 190 Å². The zero-order chi connectivity index (χ0) is 22.4. The van der Waals surface area contributed by atoms with Crippen LogP contribution in [-0.4, -0.2) is 55.3 Å². The summed E-state index contributed by atoms with van der Waals surface area (Å²) >= 11 is 0. The number of carbonyl (C=O) groups is 2. The standard InChI is InChI=1S/C25H35N5O2/c1-16-7-4-5-13-28(16)24(31)12-11-20-17(2)26-23-15-21(27-30(23)18(20)3)22-8-6-14-29(22)25(32)19-9-10-19/h15-16,19,22H,4-14H2,1-3H3/t16-,22+/m0/s1. The molecule has 32 heavy (non-hydrogen) atoms. The minimum absolute atomic E-state index is 0.0649. The number of amides is 2. The fourth-order valence-electron chi connectivity index (χ4n) is 5.62. The van der Waals surface area contributed by atoms with Gasteiger partial charge in [-0.25, -0.2) is 9.50 Å². The molecule has 2 atom stereocenters. The Balaban J connectivity index is 1.36. The molecule has 7 nitrogen and oxygen atoms in total. The van der Waals surface area contributed by atoms with Gasteiger partial charge in [-0.15, -0.1) is 0 Å². The van der Waals surface area contributed by atoms with Crippen molar-refractivity contribution in [3.8, 4) is 0 Å². The van der Waals surface area contributed by atoms with Crippen molar-refractivity contribution in [2.45, 2.75) is 90.6 Å². The van der Waals surface area contributed by atoms with E-state index in [1.54, 1.807) is 0 Å². The zero-order valence-electron chi connectivity index (χ0n) is 19.6. The Morgan fingerprint density at radius 2 is 1.81 bits per heavy atom. The van der Waals surface area contributed by atoms with E-state index in [-0.39, 0.29) is 17.9 Å². The summed E-state index contributed by atoms with van der Waals surface area (Å²) in [5, 5.41) is 4.90. The molecule has 0 bridgehead atoms. The highest BCUT2D eigenvalue weighted by atomic mass is 16.2. The lowest BCUT2D eigenvalue weighted by Crippen LogP contribution is -2.42. The maximum Gasteiger partial charge on any atom is 0.226 e. The average molecular weight is 438 g/mol. The van der Waals surface area contributed by atoms with Crippen LogP contribution in [0.15, 0.2) is 6.07 Å². The summed E-state index contributed by atoms with van der Waals surface area (Å²) in [6.45, 7) is 7.98. The summed E-state index contributed by atoms with van der Waals surface area (Å²) in [4.78, 5) is 34.5. The number of hydrogen-bond acceptors (Lipinski definition) is 4. The molecule has 7 heteroatoms. The van der Waals surface area contributed by atoms with Gasteiger partial charge in [0.2, 0.25) is 11.8 Å². The number of carbonyl (C=O) groups excluding carboxylic acids is 2. The number of piperidine rings is 1. The predicted molar refractivity (Wildman–Crippen MR) is 122 cm³/mol. The van der Waals surface area contributed by atoms with Crippen LogP contribution in [0.3, 0.4) is 0 Å². The van der Waals surface area contributed by atoms with Gasteiger partial charge in [0.15, 0.2) is 5.65 Å². The number of likely N-dealkylation sites (tertiary alicyclic amines) is 2. The van der Waals surface area contributed by atoms with E-state index in [1.165, 1.54) is 6.42 Å². The zero-order valence-corrected chi connectivity index (χ0v) is 19.6. The van der Waals surface area contributed by atoms with Crippen molar-refractivity contribution in [1.29, 1.82) is 0 Å². The topological polar surface area (TPSA) is 70.8 Å². The minimum atomic E-state index is 0.0649. The number of aromatic nitrogens is 3. The second kappa shape index (κ2) is 8.49. The molecular formula is C25H35N5O2. The van der Waals surface area contributed by atoms with Crippen LogP contribution in [0.25, 0.3) is 5.65 Å². The molecule has 2 saturated heterocycles. The predicted octanol–water partition coefficient (Wildman–Crippen LogP) is 3.75. The normalized spacial score (nSPS) is 23.8. The van der Waals surface area contributed by atoms with Gasteiger partial charge in [0.05, 0.1) is 11.7 Å². The summed E-state index contributed by atoms with van der Waals surface area (Å²) in [5.41, 5.74) is 4.92. The van der Waals surface area contributed by atoms with E-state index in [4.69, 9.17) is 10.1 Å². The molecular weight excluding hydrogens is 402 g/mol. The molecule has 1 aliphatic carbocycles. The van der Waals surface area contributed by atoms with Crippen LogP contribution in [0, 0.1) is 19.8 Å². The van der Waals surface area contributed by atoms with Gasteiger partial charge in [-0.1, -0.05) is 0 Å². The summed E-state index contributed by atoms with van der Waals surface area (Å²) in [6.07, 6.45) is 8.70. The molecule has 5 rings (SSSR count). The van der Waals surface area contributed by atoms with Crippen molar-refractivity contribution in [2.24, 2.45) is 5.92 Å². The molecule has 0 aromatic carbocycles. The molecule has 0 unspecified atom stereocenters. The number of rotatable bonds is 5. The van der Waals surface area contributed by atoms with Gasteiger partial charge < -0.3 is 9.80 Å². The molecule has 4 heterocycles. The van der Waals surface area contributed by atoms with Gasteiger partial charge in [-0.2, -0.15) is 5.10 Å². The van der Waals surface area contributed by atoms with E-state index >= 15 is 0 Å². The fraction of sp³-hybridized carbons (Fsp3) is 0.680. The maximum absolute atomic E-state index is 12.9. The first-order chi connectivity index (χ1) is 15.4. The number of hydrogen-bond donors (Lipinski definition) is 0. The minimum Gasteiger partial charge on any atom is -0.340 e. The summed E-state index contributed by atoms with van der Waals surface area (Å²) in [6, 6.07) is 2.46. The lowest BCUT2D eigenvalue weighted by Gasteiger charge is -2.33. The van der Waals surface area contributed by atoms with Crippen molar-refractivity contribution < 1.29 is 9.59 Å². The second-order valence-electron chi connectivity index (χ2n) is 10.00. The SMILES string of the molecule is Cc1nc2cc([C@H]3CCCN3C(=O)C3CC3)nn2c(C)c1CCC(=O)N1CCCC[C@@H]1C. The molecule has 3 aliphatic rings. The third-order valence-corrected chi connectivity index (χ3v) is 7.70. The lowest BCUT2D eigenvalue weighted by molar-refractivity contribution is -0.134. The monoisotopic (exact) mass is 437 g/mol. The molecule has 0 N–H and O–H groups in total. The largest absolute Gasteiger partial charge is 0.340 e. The molecule has 2 aromatic heterocycles. The smallest absolute Gasteiger partial charge is 0.226 e. The first-order valence-electron chi connectivity index (χ1n) is 12.4. The van der Waals surface area contributed by atoms with Crippen LogP contribution in [0.5, 0.6) is 0 Å². The van der Waals surface area contributed by atoms with E-state index in [9.17, 15) is 9.59 Å². The van der Waals surface area contributed by atoms with Gasteiger partial charge >= 0.3 is 0 Å². The highest BCUT2D eigenvalue weighted by Crippen LogP contribution is 2.38. The number of fused-ring (bicyclic) bond motifs is 1. The molecule has 2 aromatic rings. The Bertz CT molecular complexity index is 1040. The van der Waals surface area contributed by atoms with Crippen molar-refractivity contribution >= 4 is 17.5 Å². The van der Waals surface area contributed by atoms with Crippen LogP contribution >= 0.6 is 0 Å². The highest BCUT2D eigenvalue weighted by Gasteiger charge is 2.39. The Hall–Kier alpha value is -2.44. The molecule has 0 radical (unpaired) electrons. The van der Waals surface area contributed by atoms with Gasteiger partial charge in [0.25, 0.3) is 0 Å². The van der Waals surface area contributed by atoms with Crippen molar-refractivity contribution in [3.05, 3.63) is 28.7 Å². The third-order valence-electron chi connectivity index (χ3n) is 7.70. The maximum atomic E-state index is 12.9. The second-order valence-corrected chi connectivity index (χ2v) is 10.00. The summed E-state index contributed by atoms with van der Waals surface area (Å²) in [5.74, 6) is 0.787. The molecule has 0 spiro atoms. The van der Waals surface area contributed by atoms with Crippen molar-refractivity contribution in [1.82, 2.24) is 24.4 Å². The van der Waals surface area contributed by atoms with Crippen LogP contribution < -0.4 is 0 Å². The van der Waals surface area contributed by atoms with Gasteiger partial charge in [0, 0.05) is 48.9 Å². The van der Waals surface area contributed by atoms with Gasteiger partial charge in [0.1, 0.15) is 0 Å². The first kappa shape index (κ1) is 21.4. The van der Waals surface area contributed by atoms with Crippen LogP contribution in [0.4, 0.5) is 0 Å². The molecule has 1 saturated carbocycles. The fourth-order valence-corrected chi connectivity index (χ4v) is 5.62. The van der Waals surface area contributed by atoms with Crippen LogP contribution in [-0.2, 0) is 16.0 Å². The number of nitrogens with zero attached hydrogens (tertiary/aromatic N) is 5. The lowest BCUT2D eigenvalue weighted by atomic mass is 10.0. The van der Waals surface area contributed by atoms with E-state index in [1.807, 2.05) is 22.4 Å². The van der Waals surface area contributed by atoms with Crippen LogP contribution in [0.2, 0.25) is 0 Å². The van der Waals surface area contributed by atoms with Crippen molar-refractivity contribution in [3.63, 3.8) is 0 Å². The van der Waals surface area contributed by atoms with Gasteiger partial charge in [-0.05, 0) is 77.7 Å². The third kappa shape index (κ3) is 3.90. The molecule has 2 aliphatic heterocycles. The molecule has 2 amide bonds. The van der Waals surface area contributed by atoms with Gasteiger partial charge in [-0.3, -0.25) is 9.59 Å². The summed E-state index contributed by atoms with van der Waals surface area (Å²) in [7, 11) is 0. The molecule has 172 valence electrons. The van der Waals surface area contributed by atoms with E-state index in [2.05, 4.69) is 18.7 Å². The molecule has 3 fully saturated rings. The Morgan fingerprint density at radius 3 is 2.56 bits per heavy atom. The highest BCUT2D eigenvalue weighted by molar-refractivity contribution is 5.81. The summed E-state index contributed by atoms with van der Waals surface area (Å²) < 4.78 is 1.92. The van der Waals surface area contributed by atoms with Crippen LogP contribution in [0.1, 0.15) is 87.0 Å². The van der Waals surface area contributed by atoms with E-state index < -0.39 is 0 Å². The Kier molecular flexibility index (Phi) is 5.68. The van der Waals surface area contributed by atoms with E-state index in [0.29, 0.717) is 24.8 Å². The van der Waals surface area contributed by atoms with Crippen molar-refractivity contribution in [2.75, 3.05) is 13.1 Å².